The van der Waals surface area contributed by atoms with Crippen molar-refractivity contribution in [3.8, 4) is 11.6 Å². The number of aromatic nitrogens is 4. The smallest absolute Gasteiger partial charge is 0.276 e. The zero-order valence-corrected chi connectivity index (χ0v) is 16.8. The molecule has 0 amide bonds. The molecular formula is C21H25N7O. The van der Waals surface area contributed by atoms with Gasteiger partial charge in [-0.3, -0.25) is 0 Å². The molecule has 8 heteroatoms. The molecule has 1 atom stereocenters. The molecule has 0 radical (unpaired) electrons. The van der Waals surface area contributed by atoms with Crippen molar-refractivity contribution < 1.29 is 4.52 Å². The van der Waals surface area contributed by atoms with Gasteiger partial charge in [0.15, 0.2) is 5.82 Å². The Morgan fingerprint density at radius 3 is 2.59 bits per heavy atom. The first-order valence-corrected chi connectivity index (χ1v) is 9.20. The quantitative estimate of drug-likeness (QED) is 0.530. The summed E-state index contributed by atoms with van der Waals surface area (Å²) in [5, 5.41) is 4.25. The lowest BCUT2D eigenvalue weighted by Gasteiger charge is -2.31. The van der Waals surface area contributed by atoms with E-state index in [1.54, 1.807) is 18.7 Å². The van der Waals surface area contributed by atoms with Crippen molar-refractivity contribution in [2.45, 2.75) is 26.2 Å². The first-order valence-electron chi connectivity index (χ1n) is 9.20. The van der Waals surface area contributed by atoms with Crippen LogP contribution in [0.2, 0.25) is 0 Å². The van der Waals surface area contributed by atoms with Crippen LogP contribution in [-0.4, -0.2) is 26.3 Å². The van der Waals surface area contributed by atoms with Crippen LogP contribution in [-0.2, 0) is 5.41 Å². The minimum absolute atomic E-state index is 0.215. The molecule has 3 rings (SSSR count). The molecule has 29 heavy (non-hydrogen) atoms. The van der Waals surface area contributed by atoms with E-state index in [1.807, 2.05) is 24.3 Å². The van der Waals surface area contributed by atoms with Crippen molar-refractivity contribution in [1.29, 1.82) is 0 Å². The van der Waals surface area contributed by atoms with E-state index in [-0.39, 0.29) is 11.7 Å². The zero-order valence-electron chi connectivity index (χ0n) is 16.8. The number of benzene rings is 1. The number of nitrogens with one attached hydrogen (secondary N) is 1. The van der Waals surface area contributed by atoms with E-state index in [1.165, 1.54) is 6.20 Å². The van der Waals surface area contributed by atoms with E-state index in [4.69, 9.17) is 16.0 Å². The second kappa shape index (κ2) is 8.14. The largest absolute Gasteiger partial charge is 0.404 e. The first-order chi connectivity index (χ1) is 13.9. The van der Waals surface area contributed by atoms with Gasteiger partial charge in [-0.2, -0.15) is 4.98 Å². The van der Waals surface area contributed by atoms with Gasteiger partial charge >= 0.3 is 0 Å². The number of rotatable bonds is 7. The molecule has 0 aliphatic rings. The van der Waals surface area contributed by atoms with Gasteiger partial charge in [0.25, 0.3) is 5.89 Å². The molecule has 2 heterocycles. The van der Waals surface area contributed by atoms with Crippen LogP contribution in [0, 0.1) is 5.92 Å². The molecule has 0 fully saturated rings. The predicted octanol–water partition coefficient (Wildman–Crippen LogP) is 3.22. The summed E-state index contributed by atoms with van der Waals surface area (Å²) in [6.07, 6.45) is 6.30. The van der Waals surface area contributed by atoms with E-state index in [0.717, 1.165) is 16.7 Å². The topological polar surface area (TPSA) is 132 Å². The number of aromatic amines is 1. The SMILES string of the molecule is C=C(N)N=C/C(=C\N)c1ccc(C(C)(c2noc(-c3cnc[nH]3)n2)C(C)C)cc1. The third-order valence-corrected chi connectivity index (χ3v) is 5.14. The Balaban J connectivity index is 1.96. The van der Waals surface area contributed by atoms with Crippen molar-refractivity contribution in [1.82, 2.24) is 20.1 Å². The molecule has 0 aliphatic heterocycles. The molecule has 0 bridgehead atoms. The summed E-state index contributed by atoms with van der Waals surface area (Å²) >= 11 is 0. The fourth-order valence-electron chi connectivity index (χ4n) is 3.01. The average Bonchev–Trinajstić information content (AvgIpc) is 3.39. The number of H-pyrrole nitrogens is 1. The van der Waals surface area contributed by atoms with Crippen LogP contribution in [0.4, 0.5) is 0 Å². The third kappa shape index (κ3) is 3.96. The molecular weight excluding hydrogens is 366 g/mol. The van der Waals surface area contributed by atoms with E-state index in [2.05, 4.69) is 52.5 Å². The molecule has 150 valence electrons. The summed E-state index contributed by atoms with van der Waals surface area (Å²) in [6.45, 7) is 9.92. The molecule has 0 saturated carbocycles. The fraction of sp³-hybridized carbons (Fsp3) is 0.238. The average molecular weight is 391 g/mol. The van der Waals surface area contributed by atoms with Crippen molar-refractivity contribution >= 4 is 11.8 Å². The maximum Gasteiger partial charge on any atom is 0.276 e. The Hall–Kier alpha value is -3.68. The number of nitrogens with zero attached hydrogens (tertiary/aromatic N) is 4. The second-order valence-electron chi connectivity index (χ2n) is 7.19. The lowest BCUT2D eigenvalue weighted by molar-refractivity contribution is 0.350. The van der Waals surface area contributed by atoms with Crippen molar-refractivity contribution in [3.05, 3.63) is 72.3 Å². The number of aliphatic imine (C=N–C) groups is 1. The van der Waals surface area contributed by atoms with Crippen LogP contribution in [0.3, 0.4) is 0 Å². The van der Waals surface area contributed by atoms with E-state index in [9.17, 15) is 0 Å². The molecule has 0 saturated heterocycles. The van der Waals surface area contributed by atoms with Crippen LogP contribution in [0.5, 0.6) is 0 Å². The van der Waals surface area contributed by atoms with Gasteiger partial charge in [-0.25, -0.2) is 9.98 Å². The van der Waals surface area contributed by atoms with E-state index < -0.39 is 5.41 Å². The molecule has 0 aliphatic carbocycles. The van der Waals surface area contributed by atoms with Gasteiger partial charge in [0.2, 0.25) is 0 Å². The van der Waals surface area contributed by atoms with E-state index >= 15 is 0 Å². The Labute approximate surface area is 169 Å². The highest BCUT2D eigenvalue weighted by molar-refractivity contribution is 6.09. The van der Waals surface area contributed by atoms with Gasteiger partial charge in [0.05, 0.1) is 17.9 Å². The van der Waals surface area contributed by atoms with Gasteiger partial charge in [0, 0.05) is 18.0 Å². The van der Waals surface area contributed by atoms with Gasteiger partial charge < -0.3 is 21.0 Å². The van der Waals surface area contributed by atoms with Gasteiger partial charge in [-0.05, 0) is 24.0 Å². The zero-order chi connectivity index (χ0) is 21.0. The maximum absolute atomic E-state index is 5.74. The summed E-state index contributed by atoms with van der Waals surface area (Å²) in [7, 11) is 0. The maximum atomic E-state index is 5.74. The van der Waals surface area contributed by atoms with E-state index in [0.29, 0.717) is 17.4 Å². The Bertz CT molecular complexity index is 1030. The normalized spacial score (nSPS) is 14.4. The summed E-state index contributed by atoms with van der Waals surface area (Å²) < 4.78 is 5.47. The van der Waals surface area contributed by atoms with Gasteiger partial charge in [-0.15, -0.1) is 0 Å². The van der Waals surface area contributed by atoms with Crippen LogP contribution in [0.1, 0.15) is 37.7 Å². The number of imidazole rings is 1. The molecule has 2 aromatic heterocycles. The van der Waals surface area contributed by atoms with Crippen LogP contribution in [0.25, 0.3) is 17.2 Å². The van der Waals surface area contributed by atoms with Crippen LogP contribution < -0.4 is 11.5 Å². The number of hydrogen-bond donors (Lipinski definition) is 3. The van der Waals surface area contributed by atoms with Crippen molar-refractivity contribution in [2.75, 3.05) is 0 Å². The molecule has 1 unspecified atom stereocenters. The highest BCUT2D eigenvalue weighted by Crippen LogP contribution is 2.38. The summed E-state index contributed by atoms with van der Waals surface area (Å²) in [4.78, 5) is 15.6. The minimum Gasteiger partial charge on any atom is -0.404 e. The summed E-state index contributed by atoms with van der Waals surface area (Å²) in [5.41, 5.74) is 14.2. The van der Waals surface area contributed by atoms with Gasteiger partial charge in [0.1, 0.15) is 11.5 Å². The number of allylic oxidation sites excluding steroid dienone is 1. The molecule has 3 aromatic rings. The number of hydrogen-bond acceptors (Lipinski definition) is 7. The summed E-state index contributed by atoms with van der Waals surface area (Å²) in [6, 6.07) is 8.04. The Morgan fingerprint density at radius 1 is 1.31 bits per heavy atom. The molecule has 1 aromatic carbocycles. The fourth-order valence-corrected chi connectivity index (χ4v) is 3.01. The van der Waals surface area contributed by atoms with Crippen molar-refractivity contribution in [3.63, 3.8) is 0 Å². The second-order valence-corrected chi connectivity index (χ2v) is 7.19. The lowest BCUT2D eigenvalue weighted by Crippen LogP contribution is -2.31. The summed E-state index contributed by atoms with van der Waals surface area (Å²) in [5.74, 6) is 1.46. The van der Waals surface area contributed by atoms with Crippen LogP contribution >= 0.6 is 0 Å². The Morgan fingerprint density at radius 2 is 2.03 bits per heavy atom. The third-order valence-electron chi connectivity index (χ3n) is 5.14. The lowest BCUT2D eigenvalue weighted by atomic mass is 9.72. The Kier molecular flexibility index (Phi) is 5.63. The predicted molar refractivity (Wildman–Crippen MR) is 114 cm³/mol. The molecule has 8 nitrogen and oxygen atoms in total. The van der Waals surface area contributed by atoms with Crippen molar-refractivity contribution in [2.24, 2.45) is 22.4 Å². The highest BCUT2D eigenvalue weighted by Gasteiger charge is 2.37. The van der Waals surface area contributed by atoms with Gasteiger partial charge in [-0.1, -0.05) is 49.8 Å². The molecule has 5 N–H and O–H groups in total. The first kappa shape index (κ1) is 20.1. The standard InChI is InChI=1S/C21H25N7O/c1-13(2)21(4,20-27-19(29-28-20)18-11-24-12-26-18)17-7-5-15(6-8-17)16(9-22)10-25-14(3)23/h5-13H,3,22-23H2,1-2,4H3,(H,24,26)/b16-9+,25-10?. The van der Waals surface area contributed by atoms with Crippen LogP contribution in [0.15, 0.2) is 64.9 Å². The monoisotopic (exact) mass is 391 g/mol. The highest BCUT2D eigenvalue weighted by atomic mass is 16.5. The minimum atomic E-state index is -0.452. The number of nitrogens with two attached hydrogens (primary N) is 2. The molecule has 0 spiro atoms.